The maximum atomic E-state index is 12.4. The highest BCUT2D eigenvalue weighted by molar-refractivity contribution is 7.99. The van der Waals surface area contributed by atoms with Crippen LogP contribution in [0.2, 0.25) is 5.02 Å². The molecule has 1 aliphatic heterocycles. The Morgan fingerprint density at radius 3 is 2.45 bits per heavy atom. The van der Waals surface area contributed by atoms with Crippen LogP contribution >= 0.6 is 23.4 Å². The molecule has 0 atom stereocenters. The minimum absolute atomic E-state index is 0.0721. The van der Waals surface area contributed by atoms with Crippen molar-refractivity contribution < 1.29 is 9.59 Å². The third kappa shape index (κ3) is 5.42. The Hall–Kier alpha value is -2.91. The van der Waals surface area contributed by atoms with E-state index in [9.17, 15) is 9.59 Å². The lowest BCUT2D eigenvalue weighted by molar-refractivity contribution is -0.118. The van der Waals surface area contributed by atoms with E-state index in [0.717, 1.165) is 37.2 Å². The number of carbonyl (C=O) groups is 2. The molecule has 3 aromatic rings. The maximum absolute atomic E-state index is 12.4. The molecule has 8 nitrogen and oxygen atoms in total. The molecule has 0 aliphatic carbocycles. The lowest BCUT2D eigenvalue weighted by Gasteiger charge is -2.15. The molecule has 1 aliphatic rings. The zero-order chi connectivity index (χ0) is 21.6. The van der Waals surface area contributed by atoms with Crippen molar-refractivity contribution in [1.82, 2.24) is 30.4 Å². The molecule has 31 heavy (non-hydrogen) atoms. The summed E-state index contributed by atoms with van der Waals surface area (Å²) in [4.78, 5) is 26.5. The van der Waals surface area contributed by atoms with Gasteiger partial charge in [0.1, 0.15) is 0 Å². The van der Waals surface area contributed by atoms with Crippen molar-refractivity contribution in [3.8, 4) is 5.69 Å². The molecule has 1 N–H and O–H groups in total. The highest BCUT2D eigenvalue weighted by Crippen LogP contribution is 2.19. The van der Waals surface area contributed by atoms with Crippen molar-refractivity contribution in [3.05, 3.63) is 64.7 Å². The Kier molecular flexibility index (Phi) is 6.83. The fraction of sp³-hybridized carbons (Fsp3) is 0.286. The van der Waals surface area contributed by atoms with Crippen molar-refractivity contribution in [2.75, 3.05) is 18.8 Å². The van der Waals surface area contributed by atoms with Crippen molar-refractivity contribution in [3.63, 3.8) is 0 Å². The zero-order valence-corrected chi connectivity index (χ0v) is 18.3. The average molecular weight is 457 g/mol. The van der Waals surface area contributed by atoms with Gasteiger partial charge in [-0.2, -0.15) is 4.68 Å². The van der Waals surface area contributed by atoms with E-state index in [1.807, 2.05) is 29.2 Å². The molecule has 1 fully saturated rings. The lowest BCUT2D eigenvalue weighted by atomic mass is 10.1. The van der Waals surface area contributed by atoms with Gasteiger partial charge in [-0.1, -0.05) is 35.5 Å². The number of nitrogens with zero attached hydrogens (tertiary/aromatic N) is 5. The number of rotatable bonds is 7. The van der Waals surface area contributed by atoms with Crippen LogP contribution in [0.25, 0.3) is 5.69 Å². The summed E-state index contributed by atoms with van der Waals surface area (Å²) in [6.07, 6.45) is 2.14. The molecule has 0 spiro atoms. The van der Waals surface area contributed by atoms with Gasteiger partial charge in [-0.15, -0.1) is 5.10 Å². The van der Waals surface area contributed by atoms with Crippen LogP contribution in [0.3, 0.4) is 0 Å². The Morgan fingerprint density at radius 2 is 1.74 bits per heavy atom. The SMILES string of the molecule is O=C(CSc1nnnn1-c1ccc(Cl)cc1)NCc1ccc(C(=O)N2CCCC2)cc1. The van der Waals surface area contributed by atoms with Gasteiger partial charge in [0, 0.05) is 30.2 Å². The second-order valence-electron chi connectivity index (χ2n) is 7.11. The number of hydrogen-bond donors (Lipinski definition) is 1. The van der Waals surface area contributed by atoms with Crippen molar-refractivity contribution in [1.29, 1.82) is 0 Å². The van der Waals surface area contributed by atoms with Gasteiger partial charge in [0.05, 0.1) is 11.4 Å². The first kappa shape index (κ1) is 21.3. The van der Waals surface area contributed by atoms with Gasteiger partial charge in [-0.05, 0) is 65.2 Å². The molecule has 0 bridgehead atoms. The van der Waals surface area contributed by atoms with Crippen LogP contribution in [0.4, 0.5) is 0 Å². The maximum Gasteiger partial charge on any atom is 0.253 e. The fourth-order valence-electron chi connectivity index (χ4n) is 3.26. The number of halogens is 1. The lowest BCUT2D eigenvalue weighted by Crippen LogP contribution is -2.27. The summed E-state index contributed by atoms with van der Waals surface area (Å²) in [5, 5.41) is 15.7. The van der Waals surface area contributed by atoms with E-state index in [2.05, 4.69) is 20.8 Å². The summed E-state index contributed by atoms with van der Waals surface area (Å²) in [5.74, 6) is 0.121. The summed E-state index contributed by atoms with van der Waals surface area (Å²) in [7, 11) is 0. The Bertz CT molecular complexity index is 1050. The minimum Gasteiger partial charge on any atom is -0.351 e. The van der Waals surface area contributed by atoms with Crippen molar-refractivity contribution in [2.24, 2.45) is 0 Å². The molecule has 160 valence electrons. The van der Waals surface area contributed by atoms with Crippen LogP contribution in [-0.2, 0) is 11.3 Å². The van der Waals surface area contributed by atoms with Gasteiger partial charge >= 0.3 is 0 Å². The normalized spacial score (nSPS) is 13.4. The minimum atomic E-state index is -0.132. The van der Waals surface area contributed by atoms with Crippen LogP contribution in [0, 0.1) is 0 Å². The smallest absolute Gasteiger partial charge is 0.253 e. The molecule has 2 heterocycles. The fourth-order valence-corrected chi connectivity index (χ4v) is 4.11. The predicted molar refractivity (Wildman–Crippen MR) is 118 cm³/mol. The first-order chi connectivity index (χ1) is 15.1. The molecule has 2 amide bonds. The summed E-state index contributed by atoms with van der Waals surface area (Å²) in [6, 6.07) is 14.5. The largest absolute Gasteiger partial charge is 0.351 e. The number of likely N-dealkylation sites (tertiary alicyclic amines) is 1. The third-order valence-corrected chi connectivity index (χ3v) is 6.10. The number of thioether (sulfide) groups is 1. The Morgan fingerprint density at radius 1 is 1.03 bits per heavy atom. The van der Waals surface area contributed by atoms with E-state index < -0.39 is 0 Å². The van der Waals surface area contributed by atoms with E-state index in [0.29, 0.717) is 22.3 Å². The van der Waals surface area contributed by atoms with Gasteiger partial charge in [-0.25, -0.2) is 0 Å². The topological polar surface area (TPSA) is 93.0 Å². The van der Waals surface area contributed by atoms with Gasteiger partial charge in [-0.3, -0.25) is 9.59 Å². The number of amides is 2. The van der Waals surface area contributed by atoms with E-state index in [-0.39, 0.29) is 17.6 Å². The van der Waals surface area contributed by atoms with E-state index in [1.54, 1.807) is 28.9 Å². The average Bonchev–Trinajstić information content (AvgIpc) is 3.49. The quantitative estimate of drug-likeness (QED) is 0.549. The summed E-state index contributed by atoms with van der Waals surface area (Å²) >= 11 is 7.16. The van der Waals surface area contributed by atoms with Crippen LogP contribution < -0.4 is 5.32 Å². The van der Waals surface area contributed by atoms with E-state index in [4.69, 9.17) is 11.6 Å². The number of benzene rings is 2. The second-order valence-corrected chi connectivity index (χ2v) is 8.49. The molecule has 10 heteroatoms. The van der Waals surface area contributed by atoms with Crippen LogP contribution in [-0.4, -0.2) is 55.8 Å². The summed E-state index contributed by atoms with van der Waals surface area (Å²) in [6.45, 7) is 2.05. The molecule has 0 saturated carbocycles. The number of hydrogen-bond acceptors (Lipinski definition) is 6. The predicted octanol–water partition coefficient (Wildman–Crippen LogP) is 2.96. The standard InChI is InChI=1S/C21H21ClN6O2S/c22-17-7-9-18(10-8-17)28-21(24-25-26-28)31-14-19(29)23-13-15-3-5-16(6-4-15)20(30)27-11-1-2-12-27/h3-10H,1-2,11-14H2,(H,23,29). The number of aromatic nitrogens is 4. The molecule has 1 aromatic heterocycles. The molecule has 0 unspecified atom stereocenters. The van der Waals surface area contributed by atoms with Gasteiger partial charge in [0.25, 0.3) is 5.91 Å². The first-order valence-corrected chi connectivity index (χ1v) is 11.3. The highest BCUT2D eigenvalue weighted by atomic mass is 35.5. The molecule has 4 rings (SSSR count). The van der Waals surface area contributed by atoms with Gasteiger partial charge in [0.15, 0.2) is 0 Å². The zero-order valence-electron chi connectivity index (χ0n) is 16.7. The van der Waals surface area contributed by atoms with Crippen LogP contribution in [0.5, 0.6) is 0 Å². The molecule has 0 radical (unpaired) electrons. The monoisotopic (exact) mass is 456 g/mol. The molecular formula is C21H21ClN6O2S. The number of tetrazole rings is 1. The Balaban J connectivity index is 1.27. The highest BCUT2D eigenvalue weighted by Gasteiger charge is 2.19. The van der Waals surface area contributed by atoms with E-state index in [1.165, 1.54) is 11.8 Å². The van der Waals surface area contributed by atoms with Crippen molar-refractivity contribution >= 4 is 35.2 Å². The first-order valence-electron chi connectivity index (χ1n) is 9.92. The second kappa shape index (κ2) is 9.93. The third-order valence-electron chi connectivity index (χ3n) is 4.93. The van der Waals surface area contributed by atoms with E-state index >= 15 is 0 Å². The number of nitrogens with one attached hydrogen (secondary N) is 1. The van der Waals surface area contributed by atoms with Crippen molar-refractivity contribution in [2.45, 2.75) is 24.5 Å². The van der Waals surface area contributed by atoms with Crippen LogP contribution in [0.1, 0.15) is 28.8 Å². The van der Waals surface area contributed by atoms with Gasteiger partial charge < -0.3 is 10.2 Å². The number of carbonyl (C=O) groups excluding carboxylic acids is 2. The van der Waals surface area contributed by atoms with Gasteiger partial charge in [0.2, 0.25) is 11.1 Å². The Labute approximate surface area is 189 Å². The van der Waals surface area contributed by atoms with Crippen LogP contribution in [0.15, 0.2) is 53.7 Å². The molecule has 1 saturated heterocycles. The summed E-state index contributed by atoms with van der Waals surface area (Å²) < 4.78 is 1.56. The molecular weight excluding hydrogens is 436 g/mol. The summed E-state index contributed by atoms with van der Waals surface area (Å²) in [5.41, 5.74) is 2.38. The molecule has 2 aromatic carbocycles.